The topological polar surface area (TPSA) is 70.7 Å². The molecule has 0 aliphatic carbocycles. The van der Waals surface area contributed by atoms with Crippen LogP contribution in [0, 0.1) is 5.92 Å². The summed E-state index contributed by atoms with van der Waals surface area (Å²) < 4.78 is 5.55. The summed E-state index contributed by atoms with van der Waals surface area (Å²) >= 11 is 0. The predicted octanol–water partition coefficient (Wildman–Crippen LogP) is 2.50. The summed E-state index contributed by atoms with van der Waals surface area (Å²) in [6, 6.07) is 7.43. The van der Waals surface area contributed by atoms with E-state index >= 15 is 0 Å². The SMILES string of the molecule is CCCCN1C(=O)CCC(C(=O)NCCNCC)C1c1ccccc1OC. The van der Waals surface area contributed by atoms with E-state index in [2.05, 4.69) is 17.6 Å². The fraction of sp³-hybridized carbons (Fsp3) is 0.619. The smallest absolute Gasteiger partial charge is 0.225 e. The van der Waals surface area contributed by atoms with Crippen LogP contribution in [0.2, 0.25) is 0 Å². The first-order valence-corrected chi connectivity index (χ1v) is 10.0. The lowest BCUT2D eigenvalue weighted by Gasteiger charge is -2.41. The zero-order valence-electron chi connectivity index (χ0n) is 16.8. The van der Waals surface area contributed by atoms with E-state index in [1.807, 2.05) is 36.1 Å². The van der Waals surface area contributed by atoms with Crippen molar-refractivity contribution in [2.45, 2.75) is 45.6 Å². The van der Waals surface area contributed by atoms with Gasteiger partial charge in [0.15, 0.2) is 0 Å². The Bertz CT molecular complexity index is 620. The maximum atomic E-state index is 13.0. The van der Waals surface area contributed by atoms with E-state index in [9.17, 15) is 9.59 Å². The highest BCUT2D eigenvalue weighted by atomic mass is 16.5. The standard InChI is InChI=1S/C21H33N3O3/c1-4-6-15-24-19(25)12-11-17(21(26)23-14-13-22-5-2)20(24)16-9-7-8-10-18(16)27-3/h7-10,17,20,22H,4-6,11-15H2,1-3H3,(H,23,26). The number of carbonyl (C=O) groups is 2. The summed E-state index contributed by atoms with van der Waals surface area (Å²) in [5, 5.41) is 6.25. The third-order valence-electron chi connectivity index (χ3n) is 5.10. The Balaban J connectivity index is 2.29. The van der Waals surface area contributed by atoms with Crippen LogP contribution in [0.5, 0.6) is 5.75 Å². The van der Waals surface area contributed by atoms with Crippen LogP contribution >= 0.6 is 0 Å². The van der Waals surface area contributed by atoms with Crippen LogP contribution in [-0.4, -0.2) is 50.0 Å². The van der Waals surface area contributed by atoms with Gasteiger partial charge in [0.1, 0.15) is 5.75 Å². The van der Waals surface area contributed by atoms with Crippen molar-refractivity contribution in [1.29, 1.82) is 0 Å². The van der Waals surface area contributed by atoms with E-state index in [0.29, 0.717) is 25.9 Å². The van der Waals surface area contributed by atoms with Gasteiger partial charge in [-0.15, -0.1) is 0 Å². The molecule has 1 aliphatic heterocycles. The van der Waals surface area contributed by atoms with E-state index in [4.69, 9.17) is 4.74 Å². The number of piperidine rings is 1. The van der Waals surface area contributed by atoms with E-state index < -0.39 is 0 Å². The Morgan fingerprint density at radius 3 is 2.74 bits per heavy atom. The molecule has 0 bridgehead atoms. The van der Waals surface area contributed by atoms with E-state index in [1.54, 1.807) is 7.11 Å². The second kappa shape index (κ2) is 10.9. The highest BCUT2D eigenvalue weighted by molar-refractivity contribution is 5.85. The zero-order valence-corrected chi connectivity index (χ0v) is 16.8. The molecule has 1 heterocycles. The number of methoxy groups -OCH3 is 1. The molecule has 0 saturated carbocycles. The first-order chi connectivity index (χ1) is 13.1. The second-order valence-electron chi connectivity index (χ2n) is 6.92. The van der Waals surface area contributed by atoms with Gasteiger partial charge in [-0.1, -0.05) is 38.5 Å². The average molecular weight is 376 g/mol. The molecular formula is C21H33N3O3. The Morgan fingerprint density at radius 1 is 1.26 bits per heavy atom. The molecule has 27 heavy (non-hydrogen) atoms. The molecule has 2 atom stereocenters. The molecule has 6 heteroatoms. The molecule has 1 aromatic rings. The van der Waals surface area contributed by atoms with Crippen LogP contribution in [0.3, 0.4) is 0 Å². The fourth-order valence-electron chi connectivity index (χ4n) is 3.70. The summed E-state index contributed by atoms with van der Waals surface area (Å²) in [4.78, 5) is 27.5. The number of para-hydroxylation sites is 1. The number of ether oxygens (including phenoxy) is 1. The van der Waals surface area contributed by atoms with E-state index in [0.717, 1.165) is 37.2 Å². The van der Waals surface area contributed by atoms with Gasteiger partial charge in [-0.05, 0) is 25.5 Å². The number of amides is 2. The molecule has 1 fully saturated rings. The number of nitrogens with zero attached hydrogens (tertiary/aromatic N) is 1. The molecule has 2 rings (SSSR count). The van der Waals surface area contributed by atoms with Crippen molar-refractivity contribution in [3.63, 3.8) is 0 Å². The van der Waals surface area contributed by atoms with Gasteiger partial charge in [-0.3, -0.25) is 9.59 Å². The summed E-state index contributed by atoms with van der Waals surface area (Å²) in [6.45, 7) is 7.02. The quantitative estimate of drug-likeness (QED) is 0.617. The number of hydrogen-bond donors (Lipinski definition) is 2. The number of hydrogen-bond acceptors (Lipinski definition) is 4. The van der Waals surface area contributed by atoms with Crippen LogP contribution < -0.4 is 15.4 Å². The van der Waals surface area contributed by atoms with Crippen molar-refractivity contribution in [3.05, 3.63) is 29.8 Å². The van der Waals surface area contributed by atoms with Crippen LogP contribution in [0.25, 0.3) is 0 Å². The third kappa shape index (κ3) is 5.45. The van der Waals surface area contributed by atoms with E-state index in [1.165, 1.54) is 0 Å². The Morgan fingerprint density at radius 2 is 2.04 bits per heavy atom. The summed E-state index contributed by atoms with van der Waals surface area (Å²) in [7, 11) is 1.63. The lowest BCUT2D eigenvalue weighted by molar-refractivity contribution is -0.143. The van der Waals surface area contributed by atoms with E-state index in [-0.39, 0.29) is 23.8 Å². The van der Waals surface area contributed by atoms with Crippen LogP contribution in [0.4, 0.5) is 0 Å². The maximum Gasteiger partial charge on any atom is 0.225 e. The third-order valence-corrected chi connectivity index (χ3v) is 5.10. The van der Waals surface area contributed by atoms with Gasteiger partial charge in [-0.25, -0.2) is 0 Å². The fourth-order valence-corrected chi connectivity index (χ4v) is 3.70. The van der Waals surface area contributed by atoms with Gasteiger partial charge in [0.25, 0.3) is 0 Å². The minimum Gasteiger partial charge on any atom is -0.496 e. The highest BCUT2D eigenvalue weighted by Gasteiger charge is 2.41. The van der Waals surface area contributed by atoms with Crippen molar-refractivity contribution >= 4 is 11.8 Å². The number of nitrogens with one attached hydrogen (secondary N) is 2. The Labute approximate surface area is 162 Å². The largest absolute Gasteiger partial charge is 0.496 e. The molecule has 1 saturated heterocycles. The van der Waals surface area contributed by atoms with Gasteiger partial charge in [0.05, 0.1) is 19.1 Å². The molecule has 2 amide bonds. The molecule has 6 nitrogen and oxygen atoms in total. The number of likely N-dealkylation sites (tertiary alicyclic amines) is 1. The minimum atomic E-state index is -0.284. The highest BCUT2D eigenvalue weighted by Crippen LogP contribution is 2.40. The second-order valence-corrected chi connectivity index (χ2v) is 6.92. The van der Waals surface area contributed by atoms with Gasteiger partial charge < -0.3 is 20.3 Å². The van der Waals surface area contributed by atoms with Crippen molar-refractivity contribution in [2.24, 2.45) is 5.92 Å². The monoisotopic (exact) mass is 375 g/mol. The molecule has 2 unspecified atom stereocenters. The first kappa shape index (κ1) is 21.2. The summed E-state index contributed by atoms with van der Waals surface area (Å²) in [5.41, 5.74) is 0.913. The van der Waals surface area contributed by atoms with Crippen molar-refractivity contribution in [3.8, 4) is 5.75 Å². The van der Waals surface area contributed by atoms with Gasteiger partial charge >= 0.3 is 0 Å². The van der Waals surface area contributed by atoms with Gasteiger partial charge in [0, 0.05) is 31.6 Å². The van der Waals surface area contributed by atoms with Gasteiger partial charge in [0.2, 0.25) is 11.8 Å². The van der Waals surface area contributed by atoms with Crippen molar-refractivity contribution in [1.82, 2.24) is 15.5 Å². The Hall–Kier alpha value is -2.08. The molecular weight excluding hydrogens is 342 g/mol. The van der Waals surface area contributed by atoms with Crippen molar-refractivity contribution < 1.29 is 14.3 Å². The predicted molar refractivity (Wildman–Crippen MR) is 107 cm³/mol. The molecule has 0 spiro atoms. The maximum absolute atomic E-state index is 13.0. The van der Waals surface area contributed by atoms with Crippen molar-refractivity contribution in [2.75, 3.05) is 33.3 Å². The van der Waals surface area contributed by atoms with Gasteiger partial charge in [-0.2, -0.15) is 0 Å². The molecule has 2 N–H and O–H groups in total. The normalized spacial score (nSPS) is 19.8. The van der Waals surface area contributed by atoms with Crippen LogP contribution in [0.15, 0.2) is 24.3 Å². The number of carbonyl (C=O) groups excluding carboxylic acids is 2. The molecule has 1 aliphatic rings. The molecule has 1 aromatic carbocycles. The number of benzene rings is 1. The molecule has 0 aromatic heterocycles. The lowest BCUT2D eigenvalue weighted by atomic mass is 9.83. The molecule has 0 radical (unpaired) electrons. The summed E-state index contributed by atoms with van der Waals surface area (Å²) in [6.07, 6.45) is 2.91. The Kier molecular flexibility index (Phi) is 8.58. The van der Waals surface area contributed by atoms with Crippen LogP contribution in [0.1, 0.15) is 51.1 Å². The number of rotatable bonds is 10. The minimum absolute atomic E-state index is 0.0119. The lowest BCUT2D eigenvalue weighted by Crippen LogP contribution is -2.49. The molecule has 150 valence electrons. The number of likely N-dealkylation sites (N-methyl/N-ethyl adjacent to an activating group) is 1. The van der Waals surface area contributed by atoms with Crippen LogP contribution in [-0.2, 0) is 9.59 Å². The number of unbranched alkanes of at least 4 members (excludes halogenated alkanes) is 1. The summed E-state index contributed by atoms with van der Waals surface area (Å²) in [5.74, 6) is 0.593. The first-order valence-electron chi connectivity index (χ1n) is 10.0. The zero-order chi connectivity index (χ0) is 19.6. The average Bonchev–Trinajstić information content (AvgIpc) is 2.69.